The fourth-order valence-electron chi connectivity index (χ4n) is 2.37. The third-order valence-corrected chi connectivity index (χ3v) is 3.66. The zero-order valence-corrected chi connectivity index (χ0v) is 14.1. The van der Waals surface area contributed by atoms with E-state index in [1.54, 1.807) is 14.0 Å². The second kappa shape index (κ2) is 8.56. The maximum absolute atomic E-state index is 9.39. The Hall–Kier alpha value is -2.04. The molecule has 0 radical (unpaired) electrons. The molecule has 0 bridgehead atoms. The highest BCUT2D eigenvalue weighted by Crippen LogP contribution is 2.31. The van der Waals surface area contributed by atoms with E-state index in [4.69, 9.17) is 9.47 Å². The molecule has 3 N–H and O–H groups in total. The van der Waals surface area contributed by atoms with Crippen molar-refractivity contribution in [1.29, 1.82) is 0 Å². The zero-order valence-electron chi connectivity index (χ0n) is 14.1. The van der Waals surface area contributed by atoms with Crippen molar-refractivity contribution in [3.05, 3.63) is 59.2 Å². The normalized spacial score (nSPS) is 12.0. The monoisotopic (exact) mass is 316 g/mol. The molecular formula is C19H26NO3+. The lowest BCUT2D eigenvalue weighted by molar-refractivity contribution is -0.676. The molecule has 0 unspecified atom stereocenters. The lowest BCUT2D eigenvalue weighted by Gasteiger charge is -2.15. The van der Waals surface area contributed by atoms with E-state index in [0.29, 0.717) is 13.2 Å². The minimum Gasteiger partial charge on any atom is -0.493 e. The van der Waals surface area contributed by atoms with Crippen LogP contribution in [-0.4, -0.2) is 24.9 Å². The molecule has 23 heavy (non-hydrogen) atoms. The quantitative estimate of drug-likeness (QED) is 0.783. The number of nitrogens with two attached hydrogens (primary N) is 1. The Morgan fingerprint density at radius 1 is 1.13 bits per heavy atom. The Balaban J connectivity index is 2.09. The molecule has 0 amide bonds. The van der Waals surface area contributed by atoms with Gasteiger partial charge in [-0.05, 0) is 31.5 Å². The van der Waals surface area contributed by atoms with Crippen molar-refractivity contribution in [2.75, 3.05) is 13.7 Å². The van der Waals surface area contributed by atoms with Crippen molar-refractivity contribution in [3.8, 4) is 11.5 Å². The molecule has 0 saturated carbocycles. The summed E-state index contributed by atoms with van der Waals surface area (Å²) in [7, 11) is 1.65. The van der Waals surface area contributed by atoms with Crippen LogP contribution in [0.15, 0.2) is 42.5 Å². The third kappa shape index (κ3) is 5.27. The minimum absolute atomic E-state index is 0.322. The number of methoxy groups -OCH3 is 1. The molecule has 4 heteroatoms. The predicted molar refractivity (Wildman–Crippen MR) is 90.7 cm³/mol. The lowest BCUT2D eigenvalue weighted by atomic mass is 10.1. The average molecular weight is 316 g/mol. The van der Waals surface area contributed by atoms with E-state index in [1.165, 1.54) is 5.56 Å². The fourth-order valence-corrected chi connectivity index (χ4v) is 2.37. The number of aliphatic hydroxyl groups is 1. The highest BCUT2D eigenvalue weighted by molar-refractivity contribution is 5.46. The first-order valence-electron chi connectivity index (χ1n) is 7.94. The van der Waals surface area contributed by atoms with Gasteiger partial charge in [0, 0.05) is 0 Å². The summed E-state index contributed by atoms with van der Waals surface area (Å²) in [5.41, 5.74) is 3.43. The summed E-state index contributed by atoms with van der Waals surface area (Å²) in [4.78, 5) is 0. The largest absolute Gasteiger partial charge is 0.493 e. The van der Waals surface area contributed by atoms with Crippen LogP contribution >= 0.6 is 0 Å². The molecule has 0 fully saturated rings. The van der Waals surface area contributed by atoms with Crippen molar-refractivity contribution in [2.45, 2.75) is 33.1 Å². The number of rotatable bonds is 8. The summed E-state index contributed by atoms with van der Waals surface area (Å²) in [5, 5.41) is 11.5. The highest BCUT2D eigenvalue weighted by Gasteiger charge is 2.12. The van der Waals surface area contributed by atoms with Crippen molar-refractivity contribution in [1.82, 2.24) is 0 Å². The molecule has 2 aromatic carbocycles. The average Bonchev–Trinajstić information content (AvgIpc) is 2.54. The SMILES string of the molecule is COc1cccc(C[NH2+]C[C@@H](C)O)c1OCc1ccc(C)cc1. The first-order valence-corrected chi connectivity index (χ1v) is 7.94. The van der Waals surface area contributed by atoms with Crippen LogP contribution in [0.2, 0.25) is 0 Å². The second-order valence-corrected chi connectivity index (χ2v) is 5.80. The Bertz CT molecular complexity index is 609. The van der Waals surface area contributed by atoms with Gasteiger partial charge in [0.15, 0.2) is 11.5 Å². The van der Waals surface area contributed by atoms with Crippen LogP contribution in [0.5, 0.6) is 11.5 Å². The third-order valence-electron chi connectivity index (χ3n) is 3.66. The van der Waals surface area contributed by atoms with Crippen LogP contribution in [0, 0.1) is 6.92 Å². The van der Waals surface area contributed by atoms with E-state index in [9.17, 15) is 5.11 Å². The van der Waals surface area contributed by atoms with E-state index in [2.05, 4.69) is 36.5 Å². The van der Waals surface area contributed by atoms with Crippen LogP contribution in [0.25, 0.3) is 0 Å². The van der Waals surface area contributed by atoms with E-state index >= 15 is 0 Å². The first kappa shape index (κ1) is 17.3. The van der Waals surface area contributed by atoms with Gasteiger partial charge < -0.3 is 19.9 Å². The molecule has 1 atom stereocenters. The van der Waals surface area contributed by atoms with Crippen molar-refractivity contribution < 1.29 is 19.9 Å². The standard InChI is InChI=1S/C19H25NO3/c1-14-7-9-16(10-8-14)13-23-19-17(12-20-11-15(2)21)5-4-6-18(19)22-3/h4-10,15,20-21H,11-13H2,1-3H3/p+1/t15-/m1/s1. The number of aliphatic hydroxyl groups excluding tert-OH is 1. The minimum atomic E-state index is -0.322. The van der Waals surface area contributed by atoms with Crippen molar-refractivity contribution in [3.63, 3.8) is 0 Å². The van der Waals surface area contributed by atoms with Gasteiger partial charge in [-0.25, -0.2) is 0 Å². The molecule has 0 aliphatic carbocycles. The van der Waals surface area contributed by atoms with Gasteiger partial charge >= 0.3 is 0 Å². The highest BCUT2D eigenvalue weighted by atomic mass is 16.5. The molecule has 0 spiro atoms. The van der Waals surface area contributed by atoms with E-state index in [0.717, 1.165) is 29.2 Å². The maximum atomic E-state index is 9.39. The summed E-state index contributed by atoms with van der Waals surface area (Å²) in [6.07, 6.45) is -0.322. The van der Waals surface area contributed by atoms with E-state index in [-0.39, 0.29) is 6.10 Å². The van der Waals surface area contributed by atoms with Gasteiger partial charge in [0.1, 0.15) is 19.7 Å². The molecule has 0 heterocycles. The van der Waals surface area contributed by atoms with Gasteiger partial charge in [0.05, 0.1) is 18.8 Å². The van der Waals surface area contributed by atoms with Crippen molar-refractivity contribution >= 4 is 0 Å². The van der Waals surface area contributed by atoms with Gasteiger partial charge in [-0.15, -0.1) is 0 Å². The van der Waals surface area contributed by atoms with Gasteiger partial charge in [-0.3, -0.25) is 0 Å². The van der Waals surface area contributed by atoms with Gasteiger partial charge in [-0.2, -0.15) is 0 Å². The molecule has 0 aromatic heterocycles. The number of hydrogen-bond acceptors (Lipinski definition) is 3. The number of benzene rings is 2. The molecule has 2 aromatic rings. The summed E-state index contributed by atoms with van der Waals surface area (Å²) in [6, 6.07) is 14.2. The van der Waals surface area contributed by atoms with Crippen LogP contribution in [0.3, 0.4) is 0 Å². The number of quaternary nitrogens is 1. The molecule has 2 rings (SSSR count). The van der Waals surface area contributed by atoms with Crippen molar-refractivity contribution in [2.24, 2.45) is 0 Å². The lowest BCUT2D eigenvalue weighted by Crippen LogP contribution is -2.84. The van der Waals surface area contributed by atoms with Gasteiger partial charge in [0.2, 0.25) is 0 Å². The molecule has 0 aliphatic rings. The Labute approximate surface area is 138 Å². The molecule has 0 saturated heterocycles. The second-order valence-electron chi connectivity index (χ2n) is 5.80. The van der Waals surface area contributed by atoms with Crippen LogP contribution < -0.4 is 14.8 Å². The smallest absolute Gasteiger partial charge is 0.170 e. The number of para-hydroxylation sites is 1. The van der Waals surface area contributed by atoms with Crippen LogP contribution in [0.1, 0.15) is 23.6 Å². The van der Waals surface area contributed by atoms with E-state index in [1.807, 2.05) is 18.2 Å². The van der Waals surface area contributed by atoms with Crippen LogP contribution in [-0.2, 0) is 13.2 Å². The molecule has 0 aliphatic heterocycles. The Kier molecular flexibility index (Phi) is 6.44. The molecule has 124 valence electrons. The Morgan fingerprint density at radius 3 is 2.52 bits per heavy atom. The number of hydrogen-bond donors (Lipinski definition) is 2. The Morgan fingerprint density at radius 2 is 1.87 bits per heavy atom. The number of aryl methyl sites for hydroxylation is 1. The summed E-state index contributed by atoms with van der Waals surface area (Å²) >= 11 is 0. The zero-order chi connectivity index (χ0) is 16.7. The first-order chi connectivity index (χ1) is 11.1. The topological polar surface area (TPSA) is 55.3 Å². The summed E-state index contributed by atoms with van der Waals surface area (Å²) < 4.78 is 11.5. The molecular weight excluding hydrogens is 290 g/mol. The van der Waals surface area contributed by atoms with Gasteiger partial charge in [0.25, 0.3) is 0 Å². The van der Waals surface area contributed by atoms with Gasteiger partial charge in [-0.1, -0.05) is 35.9 Å². The van der Waals surface area contributed by atoms with Crippen LogP contribution in [0.4, 0.5) is 0 Å². The fraction of sp³-hybridized carbons (Fsp3) is 0.368. The maximum Gasteiger partial charge on any atom is 0.170 e. The molecule has 4 nitrogen and oxygen atoms in total. The summed E-state index contributed by atoms with van der Waals surface area (Å²) in [6.45, 7) is 5.77. The van der Waals surface area contributed by atoms with E-state index < -0.39 is 0 Å². The summed E-state index contributed by atoms with van der Waals surface area (Å²) in [5.74, 6) is 1.51. The predicted octanol–water partition coefficient (Wildman–Crippen LogP) is 2.03. The number of ether oxygens (including phenoxy) is 2.